The zero-order chi connectivity index (χ0) is 17.7. The third-order valence-electron chi connectivity index (χ3n) is 4.64. The molecule has 0 radical (unpaired) electrons. The zero-order valence-corrected chi connectivity index (χ0v) is 13.2. The van der Waals surface area contributed by atoms with Gasteiger partial charge in [-0.25, -0.2) is 12.8 Å². The van der Waals surface area contributed by atoms with Gasteiger partial charge in [-0.3, -0.25) is 4.79 Å². The Bertz CT molecular complexity index is 752. The molecule has 132 valence electrons. The van der Waals surface area contributed by atoms with Crippen molar-refractivity contribution in [2.24, 2.45) is 5.92 Å². The van der Waals surface area contributed by atoms with Crippen molar-refractivity contribution in [3.63, 3.8) is 0 Å². The summed E-state index contributed by atoms with van der Waals surface area (Å²) in [7, 11) is -3.24. The van der Waals surface area contributed by atoms with Gasteiger partial charge in [-0.1, -0.05) is 0 Å². The molecule has 2 bridgehead atoms. The molecule has 2 heterocycles. The number of fused-ring (bicyclic) bond motifs is 2. The van der Waals surface area contributed by atoms with Gasteiger partial charge in [-0.05, 0) is 43.9 Å². The number of ketones is 1. The lowest BCUT2D eigenvalue weighted by Crippen LogP contribution is -2.36. The minimum atomic E-state index is -4.95. The molecule has 0 aromatic heterocycles. The van der Waals surface area contributed by atoms with Crippen LogP contribution >= 0.6 is 0 Å². The number of ether oxygens (including phenoxy) is 1. The van der Waals surface area contributed by atoms with Crippen molar-refractivity contribution < 1.29 is 35.5 Å². The van der Waals surface area contributed by atoms with Gasteiger partial charge in [0, 0.05) is 5.92 Å². The van der Waals surface area contributed by atoms with Gasteiger partial charge in [0.05, 0.1) is 16.1 Å². The Balaban J connectivity index is 1.84. The SMILES string of the molecule is O=C(c1cc(OC(F)(F)F)ccc1F)C1CC2CCC(C1)S2(=O)=O. The van der Waals surface area contributed by atoms with Crippen LogP contribution in [-0.2, 0) is 9.84 Å². The molecule has 0 spiro atoms. The number of carbonyl (C=O) groups is 1. The largest absolute Gasteiger partial charge is 0.573 e. The number of carbonyl (C=O) groups excluding carboxylic acids is 1. The van der Waals surface area contributed by atoms with Gasteiger partial charge in [0.25, 0.3) is 0 Å². The molecule has 2 fully saturated rings. The molecule has 9 heteroatoms. The highest BCUT2D eigenvalue weighted by Crippen LogP contribution is 2.42. The zero-order valence-electron chi connectivity index (χ0n) is 12.3. The van der Waals surface area contributed by atoms with Crippen molar-refractivity contribution in [2.75, 3.05) is 0 Å². The van der Waals surface area contributed by atoms with Crippen molar-refractivity contribution in [2.45, 2.75) is 42.5 Å². The normalized spacial score (nSPS) is 28.6. The number of hydrogen-bond acceptors (Lipinski definition) is 4. The van der Waals surface area contributed by atoms with Gasteiger partial charge in [0.1, 0.15) is 11.6 Å². The summed E-state index contributed by atoms with van der Waals surface area (Å²) in [4.78, 5) is 12.5. The highest BCUT2D eigenvalue weighted by molar-refractivity contribution is 7.93. The van der Waals surface area contributed by atoms with Gasteiger partial charge >= 0.3 is 6.36 Å². The number of rotatable bonds is 3. The van der Waals surface area contributed by atoms with E-state index in [1.54, 1.807) is 0 Å². The lowest BCUT2D eigenvalue weighted by atomic mass is 9.90. The maximum Gasteiger partial charge on any atom is 0.573 e. The van der Waals surface area contributed by atoms with E-state index >= 15 is 0 Å². The van der Waals surface area contributed by atoms with Crippen LogP contribution in [0, 0.1) is 11.7 Å². The molecule has 0 saturated carbocycles. The van der Waals surface area contributed by atoms with Gasteiger partial charge in [-0.2, -0.15) is 0 Å². The quantitative estimate of drug-likeness (QED) is 0.609. The van der Waals surface area contributed by atoms with Crippen LogP contribution < -0.4 is 4.74 Å². The smallest absolute Gasteiger partial charge is 0.406 e. The number of alkyl halides is 3. The van der Waals surface area contributed by atoms with E-state index in [1.807, 2.05) is 0 Å². The van der Waals surface area contributed by atoms with Gasteiger partial charge in [-0.15, -0.1) is 13.2 Å². The number of halogens is 4. The Morgan fingerprint density at radius 1 is 1.12 bits per heavy atom. The molecule has 2 atom stereocenters. The molecular formula is C15H14F4O4S. The Morgan fingerprint density at radius 2 is 1.71 bits per heavy atom. The highest BCUT2D eigenvalue weighted by Gasteiger charge is 2.48. The van der Waals surface area contributed by atoms with Crippen molar-refractivity contribution in [1.82, 2.24) is 0 Å². The molecular weight excluding hydrogens is 352 g/mol. The van der Waals surface area contributed by atoms with Crippen molar-refractivity contribution in [1.29, 1.82) is 0 Å². The fourth-order valence-electron chi connectivity index (χ4n) is 3.53. The number of benzene rings is 1. The topological polar surface area (TPSA) is 60.4 Å². The number of hydrogen-bond donors (Lipinski definition) is 0. The van der Waals surface area contributed by atoms with E-state index in [1.165, 1.54) is 0 Å². The van der Waals surface area contributed by atoms with Gasteiger partial charge in [0.2, 0.25) is 0 Å². The van der Waals surface area contributed by atoms with E-state index in [2.05, 4.69) is 4.74 Å². The van der Waals surface area contributed by atoms with Crippen LogP contribution in [0.3, 0.4) is 0 Å². The van der Waals surface area contributed by atoms with Crippen molar-refractivity contribution in [3.8, 4) is 5.75 Å². The first-order valence-electron chi connectivity index (χ1n) is 7.40. The minimum absolute atomic E-state index is 0.0848. The van der Waals surface area contributed by atoms with Crippen LogP contribution in [0.1, 0.15) is 36.0 Å². The Hall–Kier alpha value is -1.64. The molecule has 0 aliphatic carbocycles. The summed E-state index contributed by atoms with van der Waals surface area (Å²) >= 11 is 0. The van der Waals surface area contributed by atoms with Crippen LogP contribution in [0.2, 0.25) is 0 Å². The summed E-state index contributed by atoms with van der Waals surface area (Å²) < 4.78 is 78.4. The van der Waals surface area contributed by atoms with Crippen LogP contribution in [0.25, 0.3) is 0 Å². The first kappa shape index (κ1) is 17.2. The maximum absolute atomic E-state index is 13.9. The summed E-state index contributed by atoms with van der Waals surface area (Å²) in [5.41, 5.74) is -0.500. The van der Waals surface area contributed by atoms with Crippen molar-refractivity contribution >= 4 is 15.6 Å². The summed E-state index contributed by atoms with van der Waals surface area (Å²) in [5, 5.41) is -1.24. The predicted octanol–water partition coefficient (Wildman–Crippen LogP) is 3.26. The molecule has 2 unspecified atom stereocenters. The monoisotopic (exact) mass is 366 g/mol. The second kappa shape index (κ2) is 5.72. The summed E-state index contributed by atoms with van der Waals surface area (Å²) in [6.45, 7) is 0. The van der Waals surface area contributed by atoms with Gasteiger partial charge in [0.15, 0.2) is 15.6 Å². The summed E-state index contributed by atoms with van der Waals surface area (Å²) in [6, 6.07) is 2.24. The lowest BCUT2D eigenvalue weighted by molar-refractivity contribution is -0.274. The first-order chi connectivity index (χ1) is 11.1. The van der Waals surface area contributed by atoms with Crippen LogP contribution in [0.15, 0.2) is 18.2 Å². The van der Waals surface area contributed by atoms with E-state index < -0.39 is 55.5 Å². The summed E-state index contributed by atoms with van der Waals surface area (Å²) in [6.07, 6.45) is -3.84. The van der Waals surface area contributed by atoms with E-state index in [0.29, 0.717) is 12.8 Å². The second-order valence-electron chi connectivity index (χ2n) is 6.13. The van der Waals surface area contributed by atoms with Crippen molar-refractivity contribution in [3.05, 3.63) is 29.6 Å². The maximum atomic E-state index is 13.9. The Kier molecular flexibility index (Phi) is 4.09. The number of sulfone groups is 1. The second-order valence-corrected chi connectivity index (χ2v) is 8.64. The van der Waals surface area contributed by atoms with E-state index in [4.69, 9.17) is 0 Å². The van der Waals surface area contributed by atoms with Gasteiger partial charge < -0.3 is 4.74 Å². The minimum Gasteiger partial charge on any atom is -0.406 e. The fraction of sp³-hybridized carbons (Fsp3) is 0.533. The predicted molar refractivity (Wildman–Crippen MR) is 75.9 cm³/mol. The Labute approximate surface area is 135 Å². The molecule has 1 aromatic carbocycles. The molecule has 0 amide bonds. The molecule has 24 heavy (non-hydrogen) atoms. The van der Waals surface area contributed by atoms with E-state index in [-0.39, 0.29) is 12.8 Å². The highest BCUT2D eigenvalue weighted by atomic mass is 32.2. The lowest BCUT2D eigenvalue weighted by Gasteiger charge is -2.27. The summed E-state index contributed by atoms with van der Waals surface area (Å²) in [5.74, 6) is -3.01. The van der Waals surface area contributed by atoms with Crippen LogP contribution in [0.5, 0.6) is 5.75 Å². The number of Topliss-reactive ketones (excluding diaryl/α,β-unsaturated/α-hetero) is 1. The molecule has 2 aliphatic rings. The van der Waals surface area contributed by atoms with Crippen LogP contribution in [-0.4, -0.2) is 31.1 Å². The first-order valence-corrected chi connectivity index (χ1v) is 9.01. The fourth-order valence-corrected chi connectivity index (χ4v) is 6.01. The third-order valence-corrected chi connectivity index (χ3v) is 7.36. The molecule has 2 saturated heterocycles. The Morgan fingerprint density at radius 3 is 2.25 bits per heavy atom. The molecule has 0 N–H and O–H groups in total. The molecule has 1 aromatic rings. The third kappa shape index (κ3) is 3.13. The average molecular weight is 366 g/mol. The molecule has 2 aliphatic heterocycles. The van der Waals surface area contributed by atoms with E-state index in [9.17, 15) is 30.8 Å². The van der Waals surface area contributed by atoms with E-state index in [0.717, 1.165) is 18.2 Å². The average Bonchev–Trinajstić information content (AvgIpc) is 2.66. The van der Waals surface area contributed by atoms with Crippen LogP contribution in [0.4, 0.5) is 17.6 Å². The molecule has 3 rings (SSSR count). The molecule has 4 nitrogen and oxygen atoms in total. The standard InChI is InChI=1S/C15H14F4O4S/c16-13-4-1-9(23-15(17,18)19)7-12(13)14(20)8-5-10-2-3-11(6-8)24(10,21)22/h1,4,7-8,10-11H,2-3,5-6H2.